The minimum atomic E-state index is -0.473. The molecule has 114 valence electrons. The van der Waals surface area contributed by atoms with Crippen LogP contribution in [0, 0.1) is 0 Å². The Kier molecular flexibility index (Phi) is 4.83. The van der Waals surface area contributed by atoms with Gasteiger partial charge in [0.05, 0.1) is 18.8 Å². The lowest BCUT2D eigenvalue weighted by Crippen LogP contribution is -2.27. The second-order valence-electron chi connectivity index (χ2n) is 5.40. The minimum Gasteiger partial charge on any atom is -0.491 e. The van der Waals surface area contributed by atoms with Crippen LogP contribution in [0.4, 0.5) is 0 Å². The molecule has 5 nitrogen and oxygen atoms in total. The Morgan fingerprint density at radius 3 is 2.29 bits per heavy atom. The first-order chi connectivity index (χ1) is 10.0. The van der Waals surface area contributed by atoms with Gasteiger partial charge in [0.2, 0.25) is 0 Å². The van der Waals surface area contributed by atoms with E-state index < -0.39 is 5.97 Å². The van der Waals surface area contributed by atoms with Crippen LogP contribution in [0.15, 0.2) is 18.2 Å². The number of likely N-dealkylation sites (tertiary alicyclic amines) is 1. The van der Waals surface area contributed by atoms with Gasteiger partial charge in [0.25, 0.3) is 5.91 Å². The highest BCUT2D eigenvalue weighted by molar-refractivity contribution is 5.98. The molecule has 2 rings (SSSR count). The largest absolute Gasteiger partial charge is 0.491 e. The zero-order valence-electron chi connectivity index (χ0n) is 12.7. The molecular weight excluding hydrogens is 270 g/mol. The number of rotatable bonds is 4. The summed E-state index contributed by atoms with van der Waals surface area (Å²) in [6.45, 7) is 5.32. The van der Waals surface area contributed by atoms with Crippen molar-refractivity contribution in [3.05, 3.63) is 29.3 Å². The molecule has 0 N–H and O–H groups in total. The summed E-state index contributed by atoms with van der Waals surface area (Å²) >= 11 is 0. The summed E-state index contributed by atoms with van der Waals surface area (Å²) in [5, 5.41) is 0. The van der Waals surface area contributed by atoms with Gasteiger partial charge in [-0.1, -0.05) is 0 Å². The number of amides is 1. The van der Waals surface area contributed by atoms with Crippen LogP contribution in [0.25, 0.3) is 0 Å². The number of nitrogens with zero attached hydrogens (tertiary/aromatic N) is 1. The average molecular weight is 291 g/mol. The van der Waals surface area contributed by atoms with E-state index >= 15 is 0 Å². The first kappa shape index (κ1) is 15.4. The van der Waals surface area contributed by atoms with E-state index in [4.69, 9.17) is 9.47 Å². The molecule has 1 amide bonds. The number of ether oxygens (including phenoxy) is 2. The van der Waals surface area contributed by atoms with Crippen molar-refractivity contribution in [2.75, 3.05) is 20.2 Å². The number of carbonyl (C=O) groups is 2. The van der Waals surface area contributed by atoms with E-state index in [2.05, 4.69) is 0 Å². The third-order valence-corrected chi connectivity index (χ3v) is 3.34. The molecule has 0 bridgehead atoms. The lowest BCUT2D eigenvalue weighted by Gasteiger charge is -2.17. The molecule has 1 aliphatic rings. The van der Waals surface area contributed by atoms with E-state index in [9.17, 15) is 9.59 Å². The second-order valence-corrected chi connectivity index (χ2v) is 5.40. The van der Waals surface area contributed by atoms with Crippen molar-refractivity contribution in [1.29, 1.82) is 0 Å². The monoisotopic (exact) mass is 291 g/mol. The van der Waals surface area contributed by atoms with E-state index in [1.807, 2.05) is 13.8 Å². The van der Waals surface area contributed by atoms with Gasteiger partial charge in [0, 0.05) is 18.7 Å². The Balaban J connectivity index is 2.34. The van der Waals surface area contributed by atoms with Crippen LogP contribution in [0.1, 0.15) is 47.4 Å². The van der Waals surface area contributed by atoms with Gasteiger partial charge < -0.3 is 14.4 Å². The molecule has 1 fully saturated rings. The summed E-state index contributed by atoms with van der Waals surface area (Å²) in [6.07, 6.45) is 2.02. The Hall–Kier alpha value is -2.04. The predicted octanol–water partition coefficient (Wildman–Crippen LogP) is 2.50. The maximum atomic E-state index is 12.5. The molecule has 0 spiro atoms. The van der Waals surface area contributed by atoms with Crippen molar-refractivity contribution in [3.8, 4) is 5.75 Å². The summed E-state index contributed by atoms with van der Waals surface area (Å²) in [4.78, 5) is 26.0. The molecule has 1 aromatic carbocycles. The number of methoxy groups -OCH3 is 1. The Bertz CT molecular complexity index is 533. The smallest absolute Gasteiger partial charge is 0.338 e. The van der Waals surface area contributed by atoms with Gasteiger partial charge in [-0.15, -0.1) is 0 Å². The van der Waals surface area contributed by atoms with Gasteiger partial charge >= 0.3 is 5.97 Å². The van der Waals surface area contributed by atoms with Crippen molar-refractivity contribution >= 4 is 11.9 Å². The zero-order valence-corrected chi connectivity index (χ0v) is 12.7. The fourth-order valence-electron chi connectivity index (χ4n) is 2.40. The lowest BCUT2D eigenvalue weighted by atomic mass is 10.1. The SMILES string of the molecule is COC(=O)c1cc(OC(C)C)cc(C(=O)N2CCCC2)c1. The molecule has 0 aromatic heterocycles. The molecule has 0 radical (unpaired) electrons. The summed E-state index contributed by atoms with van der Waals surface area (Å²) in [5.74, 6) is -0.0259. The molecule has 5 heteroatoms. The highest BCUT2D eigenvalue weighted by Gasteiger charge is 2.22. The van der Waals surface area contributed by atoms with Gasteiger partial charge in [0.15, 0.2) is 0 Å². The van der Waals surface area contributed by atoms with Crippen LogP contribution in [0.3, 0.4) is 0 Å². The zero-order chi connectivity index (χ0) is 15.4. The van der Waals surface area contributed by atoms with Crippen molar-refractivity contribution in [1.82, 2.24) is 4.90 Å². The lowest BCUT2D eigenvalue weighted by molar-refractivity contribution is 0.0600. The number of esters is 1. The Morgan fingerprint density at radius 1 is 1.10 bits per heavy atom. The van der Waals surface area contributed by atoms with Crippen molar-refractivity contribution in [3.63, 3.8) is 0 Å². The molecule has 1 saturated heterocycles. The van der Waals surface area contributed by atoms with Crippen LogP contribution in [0.2, 0.25) is 0 Å². The third-order valence-electron chi connectivity index (χ3n) is 3.34. The second kappa shape index (κ2) is 6.61. The van der Waals surface area contributed by atoms with E-state index in [0.717, 1.165) is 25.9 Å². The van der Waals surface area contributed by atoms with Crippen LogP contribution < -0.4 is 4.74 Å². The maximum Gasteiger partial charge on any atom is 0.338 e. The summed E-state index contributed by atoms with van der Waals surface area (Å²) in [5.41, 5.74) is 0.800. The number of hydrogen-bond acceptors (Lipinski definition) is 4. The predicted molar refractivity (Wildman–Crippen MR) is 78.7 cm³/mol. The standard InChI is InChI=1S/C16H21NO4/c1-11(2)21-14-9-12(8-13(10-14)16(19)20-3)15(18)17-6-4-5-7-17/h8-11H,4-7H2,1-3H3. The Labute approximate surface area is 124 Å². The molecule has 0 atom stereocenters. The molecule has 1 aromatic rings. The minimum absolute atomic E-state index is 0.0346. The number of carbonyl (C=O) groups excluding carboxylic acids is 2. The van der Waals surface area contributed by atoms with Crippen molar-refractivity contribution in [2.24, 2.45) is 0 Å². The summed E-state index contributed by atoms with van der Waals surface area (Å²) in [7, 11) is 1.32. The molecule has 0 aliphatic carbocycles. The van der Waals surface area contributed by atoms with Gasteiger partial charge in [0.1, 0.15) is 5.75 Å². The highest BCUT2D eigenvalue weighted by atomic mass is 16.5. The van der Waals surface area contributed by atoms with E-state index in [1.165, 1.54) is 7.11 Å². The highest BCUT2D eigenvalue weighted by Crippen LogP contribution is 2.22. The molecule has 21 heavy (non-hydrogen) atoms. The van der Waals surface area contributed by atoms with Crippen LogP contribution in [-0.2, 0) is 4.74 Å². The van der Waals surface area contributed by atoms with Gasteiger partial charge in [-0.2, -0.15) is 0 Å². The van der Waals surface area contributed by atoms with Gasteiger partial charge in [-0.25, -0.2) is 4.79 Å². The fraction of sp³-hybridized carbons (Fsp3) is 0.500. The topological polar surface area (TPSA) is 55.8 Å². The normalized spacial score (nSPS) is 14.4. The maximum absolute atomic E-state index is 12.5. The summed E-state index contributed by atoms with van der Waals surface area (Å²) < 4.78 is 10.4. The van der Waals surface area contributed by atoms with Crippen LogP contribution in [-0.4, -0.2) is 43.1 Å². The van der Waals surface area contributed by atoms with E-state index in [0.29, 0.717) is 16.9 Å². The quantitative estimate of drug-likeness (QED) is 0.800. The fourth-order valence-corrected chi connectivity index (χ4v) is 2.40. The average Bonchev–Trinajstić information content (AvgIpc) is 2.98. The number of benzene rings is 1. The molecular formula is C16H21NO4. The van der Waals surface area contributed by atoms with Crippen molar-refractivity contribution in [2.45, 2.75) is 32.8 Å². The molecule has 0 unspecified atom stereocenters. The molecule has 1 aliphatic heterocycles. The van der Waals surface area contributed by atoms with Crippen molar-refractivity contribution < 1.29 is 19.1 Å². The number of hydrogen-bond donors (Lipinski definition) is 0. The van der Waals surface area contributed by atoms with Gasteiger partial charge in [-0.05, 0) is 44.9 Å². The molecule has 0 saturated carbocycles. The van der Waals surface area contributed by atoms with Gasteiger partial charge in [-0.3, -0.25) is 4.79 Å². The first-order valence-corrected chi connectivity index (χ1v) is 7.20. The van der Waals surface area contributed by atoms with Crippen LogP contribution >= 0.6 is 0 Å². The first-order valence-electron chi connectivity index (χ1n) is 7.20. The third kappa shape index (κ3) is 3.74. The Morgan fingerprint density at radius 2 is 1.71 bits per heavy atom. The van der Waals surface area contributed by atoms with E-state index in [-0.39, 0.29) is 12.0 Å². The molecule has 1 heterocycles. The van der Waals surface area contributed by atoms with Crippen LogP contribution in [0.5, 0.6) is 5.75 Å². The summed E-state index contributed by atoms with van der Waals surface area (Å²) in [6, 6.07) is 4.86. The van der Waals surface area contributed by atoms with E-state index in [1.54, 1.807) is 23.1 Å².